The second-order valence-corrected chi connectivity index (χ2v) is 7.38. The first kappa shape index (κ1) is 14.5. The third-order valence-electron chi connectivity index (χ3n) is 5.99. The Hall–Kier alpha value is -1.06. The molecule has 0 bridgehead atoms. The van der Waals surface area contributed by atoms with Crippen molar-refractivity contribution in [2.75, 3.05) is 51.3 Å². The lowest BCUT2D eigenvalue weighted by molar-refractivity contribution is 0.153. The zero-order valence-corrected chi connectivity index (χ0v) is 13.8. The van der Waals surface area contributed by atoms with Gasteiger partial charge in [0.25, 0.3) is 0 Å². The van der Waals surface area contributed by atoms with Crippen LogP contribution in [0.4, 0.5) is 5.69 Å². The number of hydrogen-bond acceptors (Lipinski definition) is 3. The zero-order valence-electron chi connectivity index (χ0n) is 13.8. The van der Waals surface area contributed by atoms with Crippen LogP contribution in [0.1, 0.15) is 31.2 Å². The molecule has 0 amide bonds. The SMILES string of the molecule is COCCN1C[C@H]2C[C@@]2(c2ccc(N3CCCCC3)cc2)C1. The van der Waals surface area contributed by atoms with Crippen LogP contribution < -0.4 is 4.90 Å². The summed E-state index contributed by atoms with van der Waals surface area (Å²) in [6, 6.07) is 9.54. The first-order chi connectivity index (χ1) is 10.8. The molecule has 3 heteroatoms. The number of methoxy groups -OCH3 is 1. The first-order valence-corrected chi connectivity index (χ1v) is 8.89. The third-order valence-corrected chi connectivity index (χ3v) is 5.99. The lowest BCUT2D eigenvalue weighted by Gasteiger charge is -2.29. The molecule has 2 saturated heterocycles. The van der Waals surface area contributed by atoms with E-state index in [-0.39, 0.29) is 0 Å². The Morgan fingerprint density at radius 2 is 1.91 bits per heavy atom. The maximum atomic E-state index is 5.23. The van der Waals surface area contributed by atoms with Gasteiger partial charge in [0.1, 0.15) is 0 Å². The predicted octanol–water partition coefficient (Wildman–Crippen LogP) is 2.90. The summed E-state index contributed by atoms with van der Waals surface area (Å²) in [7, 11) is 1.80. The van der Waals surface area contributed by atoms with Crippen molar-refractivity contribution in [3.05, 3.63) is 29.8 Å². The molecular weight excluding hydrogens is 272 g/mol. The monoisotopic (exact) mass is 300 g/mol. The van der Waals surface area contributed by atoms with E-state index < -0.39 is 0 Å². The molecule has 3 nitrogen and oxygen atoms in total. The quantitative estimate of drug-likeness (QED) is 0.831. The maximum absolute atomic E-state index is 5.23. The Morgan fingerprint density at radius 3 is 2.64 bits per heavy atom. The van der Waals surface area contributed by atoms with Gasteiger partial charge in [-0.25, -0.2) is 0 Å². The molecule has 0 unspecified atom stereocenters. The summed E-state index contributed by atoms with van der Waals surface area (Å²) in [5.41, 5.74) is 3.46. The normalized spacial score (nSPS) is 31.3. The number of fused-ring (bicyclic) bond motifs is 1. The standard InChI is InChI=1S/C19H28N2O/c1-22-12-11-20-14-17-13-19(17,15-20)16-5-7-18(8-6-16)21-9-3-2-4-10-21/h5-8,17H,2-4,9-15H2,1H3/t17-,19+/m1/s1. The summed E-state index contributed by atoms with van der Waals surface area (Å²) in [5, 5.41) is 0. The van der Waals surface area contributed by atoms with Crippen molar-refractivity contribution in [3.63, 3.8) is 0 Å². The lowest BCUT2D eigenvalue weighted by Crippen LogP contribution is -2.30. The molecule has 2 heterocycles. The Kier molecular flexibility index (Phi) is 3.87. The highest BCUT2D eigenvalue weighted by Crippen LogP contribution is 2.59. The van der Waals surface area contributed by atoms with Crippen LogP contribution in [-0.4, -0.2) is 51.3 Å². The molecule has 1 aromatic rings. The predicted molar refractivity (Wildman–Crippen MR) is 90.6 cm³/mol. The van der Waals surface area contributed by atoms with Gasteiger partial charge in [0.15, 0.2) is 0 Å². The Labute approximate surface area is 134 Å². The van der Waals surface area contributed by atoms with Crippen molar-refractivity contribution < 1.29 is 4.74 Å². The van der Waals surface area contributed by atoms with Crippen molar-refractivity contribution in [2.24, 2.45) is 5.92 Å². The van der Waals surface area contributed by atoms with Crippen LogP contribution >= 0.6 is 0 Å². The fourth-order valence-corrected chi connectivity index (χ4v) is 4.58. The van der Waals surface area contributed by atoms with Gasteiger partial charge in [-0.15, -0.1) is 0 Å². The van der Waals surface area contributed by atoms with Crippen molar-refractivity contribution >= 4 is 5.69 Å². The second-order valence-electron chi connectivity index (χ2n) is 7.38. The number of piperidine rings is 2. The maximum Gasteiger partial charge on any atom is 0.0589 e. The summed E-state index contributed by atoms with van der Waals surface area (Å²) in [4.78, 5) is 5.13. The highest BCUT2D eigenvalue weighted by molar-refractivity contribution is 5.50. The minimum absolute atomic E-state index is 0.466. The van der Waals surface area contributed by atoms with Crippen LogP contribution in [0.3, 0.4) is 0 Å². The van der Waals surface area contributed by atoms with Crippen molar-refractivity contribution in [3.8, 4) is 0 Å². The Balaban J connectivity index is 1.43. The smallest absolute Gasteiger partial charge is 0.0589 e. The zero-order chi connectivity index (χ0) is 15.0. The van der Waals surface area contributed by atoms with E-state index in [0.29, 0.717) is 5.41 Å². The van der Waals surface area contributed by atoms with Crippen LogP contribution in [0, 0.1) is 5.92 Å². The van der Waals surface area contributed by atoms with Gasteiger partial charge in [-0.3, -0.25) is 4.90 Å². The molecule has 2 aliphatic heterocycles. The van der Waals surface area contributed by atoms with Crippen molar-refractivity contribution in [1.29, 1.82) is 0 Å². The summed E-state index contributed by atoms with van der Waals surface area (Å²) < 4.78 is 5.23. The molecule has 1 aliphatic carbocycles. The summed E-state index contributed by atoms with van der Waals surface area (Å²) in [6.45, 7) is 6.90. The van der Waals surface area contributed by atoms with Crippen LogP contribution in [0.2, 0.25) is 0 Å². The van der Waals surface area contributed by atoms with E-state index >= 15 is 0 Å². The highest BCUT2D eigenvalue weighted by Gasteiger charge is 2.60. The molecule has 1 aromatic carbocycles. The molecule has 0 N–H and O–H groups in total. The fraction of sp³-hybridized carbons (Fsp3) is 0.684. The van der Waals surface area contributed by atoms with Crippen LogP contribution in [0.15, 0.2) is 24.3 Å². The van der Waals surface area contributed by atoms with Gasteiger partial charge >= 0.3 is 0 Å². The largest absolute Gasteiger partial charge is 0.383 e. The van der Waals surface area contributed by atoms with Crippen LogP contribution in [-0.2, 0) is 10.2 Å². The minimum atomic E-state index is 0.466. The number of likely N-dealkylation sites (tertiary alicyclic amines) is 1. The molecule has 3 aliphatic rings. The van der Waals surface area contributed by atoms with Crippen molar-refractivity contribution in [1.82, 2.24) is 4.90 Å². The molecule has 0 spiro atoms. The first-order valence-electron chi connectivity index (χ1n) is 8.89. The summed E-state index contributed by atoms with van der Waals surface area (Å²) in [5.74, 6) is 0.880. The summed E-state index contributed by atoms with van der Waals surface area (Å²) in [6.07, 6.45) is 5.49. The van der Waals surface area contributed by atoms with E-state index in [1.54, 1.807) is 12.7 Å². The van der Waals surface area contributed by atoms with Crippen LogP contribution in [0.5, 0.6) is 0 Å². The van der Waals surface area contributed by atoms with E-state index in [1.807, 2.05) is 0 Å². The van der Waals surface area contributed by atoms with Gasteiger partial charge in [0.2, 0.25) is 0 Å². The Bertz CT molecular complexity index is 509. The molecule has 0 aromatic heterocycles. The topological polar surface area (TPSA) is 15.7 Å². The number of benzene rings is 1. The molecule has 120 valence electrons. The third kappa shape index (κ3) is 2.55. The molecule has 3 fully saturated rings. The summed E-state index contributed by atoms with van der Waals surface area (Å²) >= 11 is 0. The number of anilines is 1. The van der Waals surface area contributed by atoms with E-state index in [9.17, 15) is 0 Å². The van der Waals surface area contributed by atoms with Gasteiger partial charge in [-0.05, 0) is 49.3 Å². The molecule has 2 atom stereocenters. The van der Waals surface area contributed by atoms with Crippen molar-refractivity contribution in [2.45, 2.75) is 31.1 Å². The fourth-order valence-electron chi connectivity index (χ4n) is 4.58. The van der Waals surface area contributed by atoms with E-state index in [2.05, 4.69) is 34.1 Å². The average Bonchev–Trinajstić information content (AvgIpc) is 3.16. The lowest BCUT2D eigenvalue weighted by atomic mass is 9.94. The number of ether oxygens (including phenoxy) is 1. The van der Waals surface area contributed by atoms with E-state index in [4.69, 9.17) is 4.74 Å². The molecule has 1 saturated carbocycles. The van der Waals surface area contributed by atoms with Crippen LogP contribution in [0.25, 0.3) is 0 Å². The highest BCUT2D eigenvalue weighted by atomic mass is 16.5. The minimum Gasteiger partial charge on any atom is -0.383 e. The van der Waals surface area contributed by atoms with Gasteiger partial charge in [0.05, 0.1) is 6.61 Å². The van der Waals surface area contributed by atoms with Gasteiger partial charge in [0, 0.05) is 50.9 Å². The van der Waals surface area contributed by atoms with Gasteiger partial charge < -0.3 is 9.64 Å². The molecule has 4 rings (SSSR count). The Morgan fingerprint density at radius 1 is 1.14 bits per heavy atom. The number of rotatable bonds is 5. The molecular formula is C19H28N2O. The number of hydrogen-bond donors (Lipinski definition) is 0. The van der Waals surface area contributed by atoms with Gasteiger partial charge in [-0.1, -0.05) is 12.1 Å². The van der Waals surface area contributed by atoms with E-state index in [0.717, 1.165) is 19.1 Å². The van der Waals surface area contributed by atoms with E-state index in [1.165, 1.54) is 57.5 Å². The average molecular weight is 300 g/mol. The molecule has 0 radical (unpaired) electrons. The number of nitrogens with zero attached hydrogens (tertiary/aromatic N) is 2. The molecule has 22 heavy (non-hydrogen) atoms. The van der Waals surface area contributed by atoms with Gasteiger partial charge in [-0.2, -0.15) is 0 Å². The second kappa shape index (κ2) is 5.86.